The van der Waals surface area contributed by atoms with Crippen LogP contribution in [0.5, 0.6) is 0 Å². The number of aryl methyl sites for hydroxylation is 3. The first-order chi connectivity index (χ1) is 15.8. The molecule has 0 aliphatic carbocycles. The van der Waals surface area contributed by atoms with Crippen molar-refractivity contribution in [3.63, 3.8) is 0 Å². The lowest BCUT2D eigenvalue weighted by atomic mass is 10.1. The number of nitrogens with one attached hydrogen (secondary N) is 3. The van der Waals surface area contributed by atoms with Gasteiger partial charge < -0.3 is 16.0 Å². The van der Waals surface area contributed by atoms with Gasteiger partial charge in [-0.05, 0) is 99.8 Å². The summed E-state index contributed by atoms with van der Waals surface area (Å²) < 4.78 is 1.80. The maximum Gasteiger partial charge on any atom is 0.323 e. The molecule has 168 valence electrons. The molecule has 2 aromatic heterocycles. The number of hydrogen-bond donors (Lipinski definition) is 3. The van der Waals surface area contributed by atoms with Gasteiger partial charge in [0.1, 0.15) is 0 Å². The fourth-order valence-corrected chi connectivity index (χ4v) is 3.57. The molecule has 2 heterocycles. The standard InChI is InChI=1S/C25H27N7O/c1-15-12-16(2)14-22(13-15)28-25(33)27-21-8-6-20(7-9-21)26-23-10-11-24(30-29-23)32-19(5)17(3)18(4)31-32/h6-14H,1-5H3,(H,26,29)(H2,27,28,33). The number of benzene rings is 2. The zero-order valence-corrected chi connectivity index (χ0v) is 19.4. The summed E-state index contributed by atoms with van der Waals surface area (Å²) in [7, 11) is 0. The highest BCUT2D eigenvalue weighted by Gasteiger charge is 2.10. The second-order valence-electron chi connectivity index (χ2n) is 8.14. The van der Waals surface area contributed by atoms with Crippen LogP contribution >= 0.6 is 0 Å². The smallest absolute Gasteiger partial charge is 0.323 e. The molecule has 2 aromatic carbocycles. The van der Waals surface area contributed by atoms with Gasteiger partial charge in [0.15, 0.2) is 11.6 Å². The van der Waals surface area contributed by atoms with Gasteiger partial charge in [0, 0.05) is 22.8 Å². The van der Waals surface area contributed by atoms with Crippen LogP contribution in [-0.4, -0.2) is 26.0 Å². The molecule has 3 N–H and O–H groups in total. The van der Waals surface area contributed by atoms with Crippen LogP contribution in [0.25, 0.3) is 5.82 Å². The molecule has 0 atom stereocenters. The van der Waals surface area contributed by atoms with E-state index in [1.165, 1.54) is 0 Å². The lowest BCUT2D eigenvalue weighted by Crippen LogP contribution is -2.19. The number of carbonyl (C=O) groups excluding carboxylic acids is 1. The molecule has 8 heteroatoms. The van der Waals surface area contributed by atoms with Gasteiger partial charge in [-0.15, -0.1) is 10.2 Å². The Labute approximate surface area is 193 Å². The van der Waals surface area contributed by atoms with E-state index in [0.717, 1.165) is 39.5 Å². The molecule has 0 aliphatic rings. The van der Waals surface area contributed by atoms with Crippen LogP contribution in [0.4, 0.5) is 27.7 Å². The molecule has 0 unspecified atom stereocenters. The van der Waals surface area contributed by atoms with Gasteiger partial charge in [0.05, 0.1) is 5.69 Å². The number of rotatable bonds is 5. The van der Waals surface area contributed by atoms with Crippen molar-refractivity contribution in [1.29, 1.82) is 0 Å². The number of aromatic nitrogens is 4. The minimum absolute atomic E-state index is 0.290. The van der Waals surface area contributed by atoms with Crippen molar-refractivity contribution in [2.45, 2.75) is 34.6 Å². The zero-order chi connectivity index (χ0) is 23.5. The molecular weight excluding hydrogens is 414 g/mol. The highest BCUT2D eigenvalue weighted by Crippen LogP contribution is 2.20. The number of hydrogen-bond acceptors (Lipinski definition) is 5. The van der Waals surface area contributed by atoms with Gasteiger partial charge in [0.2, 0.25) is 0 Å². The third kappa shape index (κ3) is 5.17. The third-order valence-corrected chi connectivity index (χ3v) is 5.42. The Morgan fingerprint density at radius 3 is 1.97 bits per heavy atom. The van der Waals surface area contributed by atoms with Crippen LogP contribution in [0, 0.1) is 34.6 Å². The molecule has 0 saturated heterocycles. The Bertz CT molecular complexity index is 1270. The minimum Gasteiger partial charge on any atom is -0.339 e. The Morgan fingerprint density at radius 2 is 1.39 bits per heavy atom. The number of amides is 2. The van der Waals surface area contributed by atoms with Crippen molar-refractivity contribution < 1.29 is 4.79 Å². The number of anilines is 4. The number of urea groups is 1. The second-order valence-corrected chi connectivity index (χ2v) is 8.14. The highest BCUT2D eigenvalue weighted by atomic mass is 16.2. The van der Waals surface area contributed by atoms with Crippen molar-refractivity contribution in [2.75, 3.05) is 16.0 Å². The first-order valence-electron chi connectivity index (χ1n) is 10.7. The van der Waals surface area contributed by atoms with E-state index in [2.05, 4.69) is 37.3 Å². The average Bonchev–Trinajstić information content (AvgIpc) is 3.02. The van der Waals surface area contributed by atoms with Gasteiger partial charge in [-0.1, -0.05) is 6.07 Å². The molecule has 4 aromatic rings. The van der Waals surface area contributed by atoms with E-state index in [4.69, 9.17) is 0 Å². The Balaban J connectivity index is 1.37. The summed E-state index contributed by atoms with van der Waals surface area (Å²) in [6.07, 6.45) is 0. The summed E-state index contributed by atoms with van der Waals surface area (Å²) in [6.45, 7) is 10.0. The summed E-state index contributed by atoms with van der Waals surface area (Å²) >= 11 is 0. The maximum absolute atomic E-state index is 12.3. The molecule has 0 radical (unpaired) electrons. The molecule has 0 spiro atoms. The molecule has 2 amide bonds. The number of nitrogens with zero attached hydrogens (tertiary/aromatic N) is 4. The summed E-state index contributed by atoms with van der Waals surface area (Å²) in [5.74, 6) is 1.29. The van der Waals surface area contributed by atoms with Crippen molar-refractivity contribution in [3.05, 3.63) is 82.7 Å². The monoisotopic (exact) mass is 441 g/mol. The van der Waals surface area contributed by atoms with Gasteiger partial charge in [-0.2, -0.15) is 5.10 Å². The van der Waals surface area contributed by atoms with Crippen LogP contribution in [0.1, 0.15) is 28.1 Å². The summed E-state index contributed by atoms with van der Waals surface area (Å²) in [4.78, 5) is 12.3. The Hall–Kier alpha value is -4.20. The van der Waals surface area contributed by atoms with Crippen LogP contribution in [-0.2, 0) is 0 Å². The van der Waals surface area contributed by atoms with Crippen molar-refractivity contribution in [2.24, 2.45) is 0 Å². The molecule has 4 rings (SSSR count). The van der Waals surface area contributed by atoms with E-state index >= 15 is 0 Å². The third-order valence-electron chi connectivity index (χ3n) is 5.42. The summed E-state index contributed by atoms with van der Waals surface area (Å²) in [5.41, 5.74) is 7.66. The van der Waals surface area contributed by atoms with Gasteiger partial charge in [-0.3, -0.25) is 0 Å². The molecule has 0 saturated carbocycles. The molecule has 33 heavy (non-hydrogen) atoms. The molecular formula is C25H27N7O. The van der Waals surface area contributed by atoms with Crippen LogP contribution < -0.4 is 16.0 Å². The van der Waals surface area contributed by atoms with Gasteiger partial charge >= 0.3 is 6.03 Å². The highest BCUT2D eigenvalue weighted by molar-refractivity contribution is 5.99. The van der Waals surface area contributed by atoms with E-state index in [0.29, 0.717) is 17.3 Å². The maximum atomic E-state index is 12.3. The summed E-state index contributed by atoms with van der Waals surface area (Å²) in [6, 6.07) is 16.8. The minimum atomic E-state index is -0.290. The first kappa shape index (κ1) is 22.0. The van der Waals surface area contributed by atoms with Gasteiger partial charge in [-0.25, -0.2) is 9.48 Å². The lowest BCUT2D eigenvalue weighted by molar-refractivity contribution is 0.262. The molecule has 8 nitrogen and oxygen atoms in total. The fraction of sp³-hybridized carbons (Fsp3) is 0.200. The van der Waals surface area contributed by atoms with Crippen molar-refractivity contribution >= 4 is 28.9 Å². The van der Waals surface area contributed by atoms with E-state index < -0.39 is 0 Å². The SMILES string of the molecule is Cc1cc(C)cc(NC(=O)Nc2ccc(Nc3ccc(-n4nc(C)c(C)c4C)nn3)cc2)c1. The first-order valence-corrected chi connectivity index (χ1v) is 10.7. The van der Waals surface area contributed by atoms with Crippen LogP contribution in [0.2, 0.25) is 0 Å². The molecule has 0 bridgehead atoms. The Kier molecular flexibility index (Phi) is 6.08. The van der Waals surface area contributed by atoms with Gasteiger partial charge in [0.25, 0.3) is 0 Å². The average molecular weight is 442 g/mol. The normalized spacial score (nSPS) is 10.7. The van der Waals surface area contributed by atoms with Crippen LogP contribution in [0.15, 0.2) is 54.6 Å². The zero-order valence-electron chi connectivity index (χ0n) is 19.4. The fourth-order valence-electron chi connectivity index (χ4n) is 3.57. The lowest BCUT2D eigenvalue weighted by Gasteiger charge is -2.10. The van der Waals surface area contributed by atoms with Crippen LogP contribution in [0.3, 0.4) is 0 Å². The molecule has 0 aliphatic heterocycles. The van der Waals surface area contributed by atoms with E-state index in [-0.39, 0.29) is 6.03 Å². The second kappa shape index (κ2) is 9.12. The largest absolute Gasteiger partial charge is 0.339 e. The Morgan fingerprint density at radius 1 is 0.758 bits per heavy atom. The summed E-state index contributed by atoms with van der Waals surface area (Å²) in [5, 5.41) is 22.0. The van der Waals surface area contributed by atoms with E-state index in [1.54, 1.807) is 4.68 Å². The molecule has 0 fully saturated rings. The predicted octanol–water partition coefficient (Wildman–Crippen LogP) is 5.59. The topological polar surface area (TPSA) is 96.8 Å². The van der Waals surface area contributed by atoms with E-state index in [1.807, 2.05) is 83.1 Å². The van der Waals surface area contributed by atoms with Crippen molar-refractivity contribution in [1.82, 2.24) is 20.0 Å². The van der Waals surface area contributed by atoms with E-state index in [9.17, 15) is 4.79 Å². The predicted molar refractivity (Wildman–Crippen MR) is 132 cm³/mol. The van der Waals surface area contributed by atoms with Crippen molar-refractivity contribution in [3.8, 4) is 5.82 Å². The number of carbonyl (C=O) groups is 1. The quantitative estimate of drug-likeness (QED) is 0.375.